The summed E-state index contributed by atoms with van der Waals surface area (Å²) < 4.78 is 5.12. The number of halogens is 2. The minimum atomic E-state index is -1.42. The van der Waals surface area contributed by atoms with Crippen LogP contribution < -0.4 is 0 Å². The predicted octanol–water partition coefficient (Wildman–Crippen LogP) is 6.87. The first-order valence-corrected chi connectivity index (χ1v) is 10.4. The maximum absolute atomic E-state index is 13.7. The van der Waals surface area contributed by atoms with Gasteiger partial charge >= 0.3 is 6.16 Å². The van der Waals surface area contributed by atoms with Gasteiger partial charge in [-0.3, -0.25) is 4.79 Å². The van der Waals surface area contributed by atoms with Crippen LogP contribution >= 0.6 is 23.2 Å². The van der Waals surface area contributed by atoms with E-state index in [0.29, 0.717) is 34.0 Å². The molecule has 0 saturated carbocycles. The molecule has 30 heavy (non-hydrogen) atoms. The van der Waals surface area contributed by atoms with Crippen molar-refractivity contribution in [2.75, 3.05) is 0 Å². The number of Topliss-reactive ketones (excluding diaryl/α,β-unsaturated/α-hetero) is 1. The molecule has 1 atom stereocenters. The molecule has 0 bridgehead atoms. The number of ether oxygens (including phenoxy) is 1. The molecule has 1 N–H and O–H groups in total. The molecule has 0 amide bonds. The third-order valence-electron chi connectivity index (χ3n) is 5.69. The number of benzene rings is 2. The van der Waals surface area contributed by atoms with Crippen LogP contribution in [0.2, 0.25) is 10.0 Å². The number of allylic oxidation sites excluding steroid dienone is 2. The van der Waals surface area contributed by atoms with E-state index in [1.54, 1.807) is 12.1 Å². The Labute approximate surface area is 186 Å². The number of carboxylic acid groups (broad SMARTS) is 1. The molecule has 0 saturated heterocycles. The monoisotopic (exact) mass is 446 g/mol. The van der Waals surface area contributed by atoms with Crippen LogP contribution in [0.4, 0.5) is 4.79 Å². The second-order valence-corrected chi connectivity index (χ2v) is 9.33. The van der Waals surface area contributed by atoms with Crippen molar-refractivity contribution in [3.63, 3.8) is 0 Å². The van der Waals surface area contributed by atoms with E-state index >= 15 is 0 Å². The molecule has 0 fully saturated rings. The molecule has 1 unspecified atom stereocenters. The maximum atomic E-state index is 13.7. The van der Waals surface area contributed by atoms with E-state index in [1.165, 1.54) is 0 Å². The van der Waals surface area contributed by atoms with Crippen molar-refractivity contribution in [1.82, 2.24) is 0 Å². The summed E-state index contributed by atoms with van der Waals surface area (Å²) in [5.74, 6) is -0.290. The Kier molecular flexibility index (Phi) is 6.30. The lowest BCUT2D eigenvalue weighted by Gasteiger charge is -2.39. The number of rotatable bonds is 4. The van der Waals surface area contributed by atoms with Crippen LogP contribution in [0, 0.1) is 25.2 Å². The van der Waals surface area contributed by atoms with Gasteiger partial charge in [0.2, 0.25) is 0 Å². The van der Waals surface area contributed by atoms with Crippen LogP contribution in [0.1, 0.15) is 42.5 Å². The molecule has 0 aliphatic heterocycles. The zero-order valence-electron chi connectivity index (χ0n) is 17.4. The number of carbonyl (C=O) groups is 2. The Morgan fingerprint density at radius 1 is 1.13 bits per heavy atom. The smallest absolute Gasteiger partial charge is 0.449 e. The number of carbonyl (C=O) groups excluding carboxylic acids is 1. The van der Waals surface area contributed by atoms with Crippen LogP contribution in [0.5, 0.6) is 0 Å². The van der Waals surface area contributed by atoms with E-state index in [-0.39, 0.29) is 17.5 Å². The van der Waals surface area contributed by atoms with E-state index in [2.05, 4.69) is 0 Å². The summed E-state index contributed by atoms with van der Waals surface area (Å²) in [5.41, 5.74) is 3.41. The maximum Gasteiger partial charge on any atom is 0.511 e. The molecule has 3 rings (SSSR count). The average Bonchev–Trinajstić information content (AvgIpc) is 2.62. The lowest BCUT2D eigenvalue weighted by molar-refractivity contribution is -0.121. The molecule has 6 heteroatoms. The topological polar surface area (TPSA) is 63.6 Å². The molecule has 0 heterocycles. The summed E-state index contributed by atoms with van der Waals surface area (Å²) in [7, 11) is 0. The van der Waals surface area contributed by atoms with Gasteiger partial charge in [0.15, 0.2) is 5.78 Å². The van der Waals surface area contributed by atoms with E-state index in [4.69, 9.17) is 27.9 Å². The number of ketones is 1. The predicted molar refractivity (Wildman–Crippen MR) is 119 cm³/mol. The fourth-order valence-corrected chi connectivity index (χ4v) is 4.45. The quantitative estimate of drug-likeness (QED) is 0.520. The van der Waals surface area contributed by atoms with Crippen molar-refractivity contribution in [1.29, 1.82) is 0 Å². The summed E-state index contributed by atoms with van der Waals surface area (Å²) in [6.07, 6.45) is -0.615. The van der Waals surface area contributed by atoms with Gasteiger partial charge in [0, 0.05) is 12.3 Å². The second kappa shape index (κ2) is 8.44. The highest BCUT2D eigenvalue weighted by Crippen LogP contribution is 2.46. The summed E-state index contributed by atoms with van der Waals surface area (Å²) in [6, 6.07) is 11.1. The van der Waals surface area contributed by atoms with Crippen LogP contribution in [0.3, 0.4) is 0 Å². The zero-order valence-corrected chi connectivity index (χ0v) is 18.9. The molecule has 2 aromatic carbocycles. The molecule has 158 valence electrons. The first-order valence-electron chi connectivity index (χ1n) is 9.69. The number of hydrogen-bond acceptors (Lipinski definition) is 3. The Balaban J connectivity index is 2.10. The molecular formula is C24H24Cl2O4. The second-order valence-electron chi connectivity index (χ2n) is 8.52. The third kappa shape index (κ3) is 4.55. The van der Waals surface area contributed by atoms with Crippen molar-refractivity contribution in [3.05, 3.63) is 74.5 Å². The van der Waals surface area contributed by atoms with Gasteiger partial charge in [-0.1, -0.05) is 66.9 Å². The van der Waals surface area contributed by atoms with Crippen molar-refractivity contribution < 1.29 is 19.4 Å². The van der Waals surface area contributed by atoms with Crippen LogP contribution in [-0.2, 0) is 16.0 Å². The van der Waals surface area contributed by atoms with E-state index in [0.717, 1.165) is 16.7 Å². The minimum absolute atomic E-state index is 0.125. The van der Waals surface area contributed by atoms with Crippen molar-refractivity contribution in [3.8, 4) is 0 Å². The largest absolute Gasteiger partial charge is 0.511 e. The normalized spacial score (nSPS) is 18.5. The highest BCUT2D eigenvalue weighted by atomic mass is 35.5. The highest BCUT2D eigenvalue weighted by Gasteiger charge is 2.44. The van der Waals surface area contributed by atoms with E-state index in [1.807, 2.05) is 52.0 Å². The Morgan fingerprint density at radius 2 is 1.83 bits per heavy atom. The number of hydrogen-bond donors (Lipinski definition) is 1. The van der Waals surface area contributed by atoms with Crippen LogP contribution in [0.15, 0.2) is 42.2 Å². The zero-order chi connectivity index (χ0) is 22.2. The first kappa shape index (κ1) is 22.4. The van der Waals surface area contributed by atoms with Gasteiger partial charge < -0.3 is 9.84 Å². The lowest BCUT2D eigenvalue weighted by atomic mass is 9.65. The summed E-state index contributed by atoms with van der Waals surface area (Å²) >= 11 is 12.2. The van der Waals surface area contributed by atoms with Crippen molar-refractivity contribution in [2.24, 2.45) is 11.3 Å². The summed E-state index contributed by atoms with van der Waals surface area (Å²) in [6.45, 7) is 7.79. The average molecular weight is 447 g/mol. The van der Waals surface area contributed by atoms with Gasteiger partial charge in [0.05, 0.1) is 15.6 Å². The SMILES string of the molecule is Cc1ccc(C2=C(OC(=O)O)CC(C)(C)C(Cc3ccc(Cl)c(Cl)c3)C2=O)c(C)c1. The summed E-state index contributed by atoms with van der Waals surface area (Å²) in [5, 5.41) is 10.2. The molecule has 4 nitrogen and oxygen atoms in total. The molecule has 1 aliphatic carbocycles. The summed E-state index contributed by atoms with van der Waals surface area (Å²) in [4.78, 5) is 25.1. The Morgan fingerprint density at radius 3 is 2.43 bits per heavy atom. The van der Waals surface area contributed by atoms with E-state index in [9.17, 15) is 14.7 Å². The molecule has 2 aromatic rings. The molecule has 0 radical (unpaired) electrons. The van der Waals surface area contributed by atoms with Crippen LogP contribution in [-0.4, -0.2) is 17.0 Å². The standard InChI is InChI=1S/C24H24Cl2O4/c1-13-5-7-16(14(2)9-13)21-20(30-23(28)29)12-24(3,4)17(22(21)27)10-15-6-8-18(25)19(26)11-15/h5-9,11,17H,10,12H2,1-4H3,(H,28,29). The third-order valence-corrected chi connectivity index (χ3v) is 6.43. The lowest BCUT2D eigenvalue weighted by Crippen LogP contribution is -2.39. The molecule has 0 spiro atoms. The number of aryl methyl sites for hydroxylation is 2. The van der Waals surface area contributed by atoms with Gasteiger partial charge in [0.1, 0.15) is 5.76 Å². The molecule has 1 aliphatic rings. The van der Waals surface area contributed by atoms with Gasteiger partial charge in [-0.15, -0.1) is 0 Å². The van der Waals surface area contributed by atoms with E-state index < -0.39 is 11.6 Å². The van der Waals surface area contributed by atoms with Crippen molar-refractivity contribution in [2.45, 2.75) is 40.5 Å². The first-order chi connectivity index (χ1) is 14.0. The van der Waals surface area contributed by atoms with Gasteiger partial charge in [-0.25, -0.2) is 4.79 Å². The van der Waals surface area contributed by atoms with Crippen molar-refractivity contribution >= 4 is 40.7 Å². The molecule has 0 aromatic heterocycles. The minimum Gasteiger partial charge on any atom is -0.449 e. The van der Waals surface area contributed by atoms with Gasteiger partial charge in [-0.2, -0.15) is 0 Å². The molecular weight excluding hydrogens is 423 g/mol. The van der Waals surface area contributed by atoms with Crippen LogP contribution in [0.25, 0.3) is 5.57 Å². The highest BCUT2D eigenvalue weighted by molar-refractivity contribution is 6.42. The van der Waals surface area contributed by atoms with Gasteiger partial charge in [0.25, 0.3) is 0 Å². The fraction of sp³-hybridized carbons (Fsp3) is 0.333. The van der Waals surface area contributed by atoms with Gasteiger partial charge in [-0.05, 0) is 54.5 Å². The fourth-order valence-electron chi connectivity index (χ4n) is 4.13. The Hall–Kier alpha value is -2.30. The Bertz CT molecular complexity index is 1050.